The van der Waals surface area contributed by atoms with E-state index >= 15 is 0 Å². The van der Waals surface area contributed by atoms with Gasteiger partial charge in [0.05, 0.1) is 0 Å². The highest BCUT2D eigenvalue weighted by molar-refractivity contribution is 7.12. The second-order valence-electron chi connectivity index (χ2n) is 4.69. The Kier molecular flexibility index (Phi) is 4.52. The zero-order valence-electron chi connectivity index (χ0n) is 11.3. The van der Waals surface area contributed by atoms with E-state index in [9.17, 15) is 9.18 Å². The average molecular weight is 293 g/mol. The lowest BCUT2D eigenvalue weighted by atomic mass is 10.1. The number of hydrogen-bond donors (Lipinski definition) is 1. The number of nitrogens with zero attached hydrogens (tertiary/aromatic N) is 1. The molecule has 1 unspecified atom stereocenters. The van der Waals surface area contributed by atoms with Crippen LogP contribution in [0.1, 0.15) is 33.8 Å². The Bertz CT molecular complexity index is 611. The van der Waals surface area contributed by atoms with Crippen LogP contribution < -0.4 is 0 Å². The summed E-state index contributed by atoms with van der Waals surface area (Å²) in [4.78, 5) is 13.4. The van der Waals surface area contributed by atoms with E-state index in [1.165, 1.54) is 17.4 Å². The van der Waals surface area contributed by atoms with Crippen LogP contribution >= 0.6 is 11.3 Å². The van der Waals surface area contributed by atoms with E-state index in [0.717, 1.165) is 5.56 Å². The lowest BCUT2D eigenvalue weighted by Gasteiger charge is -2.25. The highest BCUT2D eigenvalue weighted by atomic mass is 32.1. The van der Waals surface area contributed by atoms with Crippen molar-refractivity contribution in [3.63, 3.8) is 0 Å². The van der Waals surface area contributed by atoms with E-state index in [1.54, 1.807) is 29.6 Å². The molecule has 0 saturated heterocycles. The molecule has 1 heterocycles. The van der Waals surface area contributed by atoms with Crippen molar-refractivity contribution in [1.82, 2.24) is 4.90 Å². The number of halogens is 1. The molecule has 1 aromatic carbocycles. The van der Waals surface area contributed by atoms with Crippen LogP contribution in [0.5, 0.6) is 0 Å². The van der Waals surface area contributed by atoms with Crippen molar-refractivity contribution in [2.24, 2.45) is 0 Å². The standard InChI is InChI=1S/C15H16FNO2S/c1-10(12-5-3-4-6-13(12)16)17(2)9-11-7-8-20-14(11)15(18)19/h3-8,10H,9H2,1-2H3,(H,18,19). The van der Waals surface area contributed by atoms with Crippen molar-refractivity contribution >= 4 is 17.3 Å². The predicted molar refractivity (Wildman–Crippen MR) is 77.6 cm³/mol. The number of thiophene rings is 1. The van der Waals surface area contributed by atoms with Gasteiger partial charge in [-0.25, -0.2) is 9.18 Å². The van der Waals surface area contributed by atoms with Gasteiger partial charge >= 0.3 is 5.97 Å². The van der Waals surface area contributed by atoms with Gasteiger partial charge in [0.25, 0.3) is 0 Å². The van der Waals surface area contributed by atoms with Gasteiger partial charge in [-0.05, 0) is 37.0 Å². The fourth-order valence-electron chi connectivity index (χ4n) is 2.10. The first-order valence-electron chi connectivity index (χ1n) is 6.25. The molecule has 0 aliphatic carbocycles. The zero-order valence-corrected chi connectivity index (χ0v) is 12.2. The quantitative estimate of drug-likeness (QED) is 0.912. The molecule has 0 aliphatic heterocycles. The number of carboxylic acid groups (broad SMARTS) is 1. The van der Waals surface area contributed by atoms with E-state index in [0.29, 0.717) is 17.0 Å². The molecule has 1 N–H and O–H groups in total. The van der Waals surface area contributed by atoms with Crippen molar-refractivity contribution in [2.45, 2.75) is 19.5 Å². The van der Waals surface area contributed by atoms with Crippen molar-refractivity contribution in [3.8, 4) is 0 Å². The van der Waals surface area contributed by atoms with Gasteiger partial charge in [-0.3, -0.25) is 4.90 Å². The molecule has 3 nitrogen and oxygen atoms in total. The smallest absolute Gasteiger partial charge is 0.346 e. The van der Waals surface area contributed by atoms with Crippen LogP contribution in [-0.2, 0) is 6.54 Å². The van der Waals surface area contributed by atoms with Crippen molar-refractivity contribution in [1.29, 1.82) is 0 Å². The van der Waals surface area contributed by atoms with Crippen molar-refractivity contribution < 1.29 is 14.3 Å². The fraction of sp³-hybridized carbons (Fsp3) is 0.267. The summed E-state index contributed by atoms with van der Waals surface area (Å²) in [6, 6.07) is 8.33. The molecule has 0 saturated carbocycles. The third-order valence-electron chi connectivity index (χ3n) is 3.38. The molecule has 1 aromatic heterocycles. The van der Waals surface area contributed by atoms with Gasteiger partial charge in [0.15, 0.2) is 0 Å². The third kappa shape index (κ3) is 3.05. The summed E-state index contributed by atoms with van der Waals surface area (Å²) in [5, 5.41) is 10.9. The molecule has 106 valence electrons. The van der Waals surface area contributed by atoms with Gasteiger partial charge in [-0.15, -0.1) is 11.3 Å². The first-order chi connectivity index (χ1) is 9.50. The molecular weight excluding hydrogens is 277 g/mol. The number of aromatic carboxylic acids is 1. The summed E-state index contributed by atoms with van der Waals surface area (Å²) in [5.74, 6) is -1.16. The summed E-state index contributed by atoms with van der Waals surface area (Å²) < 4.78 is 13.8. The maximum absolute atomic E-state index is 13.8. The molecule has 0 spiro atoms. The summed E-state index contributed by atoms with van der Waals surface area (Å²) in [5.41, 5.74) is 1.37. The highest BCUT2D eigenvalue weighted by Crippen LogP contribution is 2.25. The average Bonchev–Trinajstić information content (AvgIpc) is 2.86. The molecule has 1 atom stereocenters. The molecule has 2 aromatic rings. The van der Waals surface area contributed by atoms with Crippen LogP contribution in [0.3, 0.4) is 0 Å². The lowest BCUT2D eigenvalue weighted by molar-refractivity contribution is 0.0700. The molecule has 0 fully saturated rings. The lowest BCUT2D eigenvalue weighted by Crippen LogP contribution is -2.23. The first kappa shape index (κ1) is 14.7. The van der Waals surface area contributed by atoms with Gasteiger partial charge in [0, 0.05) is 18.2 Å². The van der Waals surface area contributed by atoms with E-state index in [2.05, 4.69) is 0 Å². The Morgan fingerprint density at radius 2 is 2.10 bits per heavy atom. The Hall–Kier alpha value is -1.72. The first-order valence-corrected chi connectivity index (χ1v) is 7.13. The van der Waals surface area contributed by atoms with Gasteiger partial charge in [-0.1, -0.05) is 18.2 Å². The topological polar surface area (TPSA) is 40.5 Å². The number of hydrogen-bond acceptors (Lipinski definition) is 3. The molecule has 20 heavy (non-hydrogen) atoms. The molecule has 5 heteroatoms. The van der Waals surface area contributed by atoms with Gasteiger partial charge in [0.2, 0.25) is 0 Å². The molecule has 0 aliphatic rings. The summed E-state index contributed by atoms with van der Waals surface area (Å²) in [7, 11) is 1.86. The fourth-order valence-corrected chi connectivity index (χ4v) is 2.86. The van der Waals surface area contributed by atoms with E-state index < -0.39 is 5.97 Å². The molecule has 0 radical (unpaired) electrons. The van der Waals surface area contributed by atoms with E-state index in [4.69, 9.17) is 5.11 Å². The largest absolute Gasteiger partial charge is 0.477 e. The minimum Gasteiger partial charge on any atom is -0.477 e. The van der Waals surface area contributed by atoms with E-state index in [-0.39, 0.29) is 11.9 Å². The monoisotopic (exact) mass is 293 g/mol. The van der Waals surface area contributed by atoms with Crippen LogP contribution in [0, 0.1) is 5.82 Å². The summed E-state index contributed by atoms with van der Waals surface area (Å²) >= 11 is 1.21. The number of carboxylic acids is 1. The number of benzene rings is 1. The minimum absolute atomic E-state index is 0.127. The third-order valence-corrected chi connectivity index (χ3v) is 4.32. The van der Waals surface area contributed by atoms with Crippen LogP contribution in [0.2, 0.25) is 0 Å². The second kappa shape index (κ2) is 6.15. The molecule has 0 amide bonds. The highest BCUT2D eigenvalue weighted by Gasteiger charge is 2.18. The normalized spacial score (nSPS) is 12.6. The maximum Gasteiger partial charge on any atom is 0.346 e. The number of carbonyl (C=O) groups is 1. The molecule has 0 bridgehead atoms. The van der Waals surface area contributed by atoms with Crippen LogP contribution in [0.15, 0.2) is 35.7 Å². The zero-order chi connectivity index (χ0) is 14.7. The molecule has 2 rings (SSSR count). The Morgan fingerprint density at radius 3 is 2.75 bits per heavy atom. The van der Waals surface area contributed by atoms with Crippen molar-refractivity contribution in [3.05, 3.63) is 57.5 Å². The summed E-state index contributed by atoms with van der Waals surface area (Å²) in [6.45, 7) is 2.38. The molecular formula is C15H16FNO2S. The summed E-state index contributed by atoms with van der Waals surface area (Å²) in [6.07, 6.45) is 0. The van der Waals surface area contributed by atoms with Gasteiger partial charge in [0.1, 0.15) is 10.7 Å². The maximum atomic E-state index is 13.8. The number of rotatable bonds is 5. The Balaban J connectivity index is 2.16. The second-order valence-corrected chi connectivity index (χ2v) is 5.61. The van der Waals surface area contributed by atoms with E-state index in [1.807, 2.05) is 18.9 Å². The Morgan fingerprint density at radius 1 is 1.40 bits per heavy atom. The van der Waals surface area contributed by atoms with Crippen molar-refractivity contribution in [2.75, 3.05) is 7.05 Å². The minimum atomic E-state index is -0.915. The van der Waals surface area contributed by atoms with Crippen LogP contribution in [0.25, 0.3) is 0 Å². The van der Waals surface area contributed by atoms with Gasteiger partial charge in [-0.2, -0.15) is 0 Å². The predicted octanol–water partition coefficient (Wildman–Crippen LogP) is 3.78. The SMILES string of the molecule is CC(c1ccccc1F)N(C)Cc1ccsc1C(=O)O. The van der Waals surface area contributed by atoms with Gasteiger partial charge < -0.3 is 5.11 Å². The Labute approximate surface area is 121 Å². The van der Waals surface area contributed by atoms with Crippen LogP contribution in [0.4, 0.5) is 4.39 Å². The van der Waals surface area contributed by atoms with Crippen LogP contribution in [-0.4, -0.2) is 23.0 Å².